The molecule has 22 heavy (non-hydrogen) atoms. The van der Waals surface area contributed by atoms with E-state index in [0.717, 1.165) is 22.0 Å². The number of rotatable bonds is 2. The molecule has 4 rings (SSSR count). The minimum absolute atomic E-state index is 0.535. The summed E-state index contributed by atoms with van der Waals surface area (Å²) in [5.74, 6) is 0. The van der Waals surface area contributed by atoms with Crippen LogP contribution in [0.2, 0.25) is 0 Å². The summed E-state index contributed by atoms with van der Waals surface area (Å²) in [7, 11) is 0. The number of hydrogen-bond donors (Lipinski definition) is 1. The van der Waals surface area contributed by atoms with Crippen LogP contribution in [0.5, 0.6) is 0 Å². The van der Waals surface area contributed by atoms with E-state index in [1.54, 1.807) is 0 Å². The summed E-state index contributed by atoms with van der Waals surface area (Å²) in [5, 5.41) is 2.33. The third kappa shape index (κ3) is 2.05. The molecule has 3 aromatic carbocycles. The van der Waals surface area contributed by atoms with E-state index in [1.165, 1.54) is 16.5 Å². The van der Waals surface area contributed by atoms with E-state index in [-0.39, 0.29) is 0 Å². The van der Waals surface area contributed by atoms with E-state index < -0.39 is 0 Å². The molecule has 4 aromatic rings. The average Bonchev–Trinajstić information content (AvgIpc) is 2.59. The Morgan fingerprint density at radius 2 is 1.45 bits per heavy atom. The van der Waals surface area contributed by atoms with Crippen molar-refractivity contribution in [1.29, 1.82) is 0 Å². The van der Waals surface area contributed by atoms with Crippen molar-refractivity contribution in [1.82, 2.24) is 4.98 Å². The van der Waals surface area contributed by atoms with Gasteiger partial charge in [0.25, 0.3) is 0 Å². The van der Waals surface area contributed by atoms with Gasteiger partial charge in [-0.05, 0) is 34.9 Å². The third-order valence-electron chi connectivity index (χ3n) is 4.09. The van der Waals surface area contributed by atoms with Crippen molar-refractivity contribution in [3.05, 3.63) is 78.4 Å². The first-order valence-electron chi connectivity index (χ1n) is 7.44. The van der Waals surface area contributed by atoms with E-state index in [4.69, 9.17) is 10.7 Å². The highest BCUT2D eigenvalue weighted by Gasteiger charge is 2.09. The Hall–Kier alpha value is -2.71. The molecule has 106 valence electrons. The number of aromatic nitrogens is 1. The number of para-hydroxylation sites is 1. The fourth-order valence-electron chi connectivity index (χ4n) is 2.99. The van der Waals surface area contributed by atoms with Gasteiger partial charge in [0.05, 0.1) is 11.0 Å². The van der Waals surface area contributed by atoms with Gasteiger partial charge in [-0.15, -0.1) is 0 Å². The minimum Gasteiger partial charge on any atom is -0.326 e. The standard InChI is InChI=1S/C20H16N2/c21-13-15-7-1-3-8-16(15)17-9-5-11-20-18(17)12-14-6-2-4-10-19(14)22-20/h1-12H,13,21H2. The average molecular weight is 284 g/mol. The van der Waals surface area contributed by atoms with Gasteiger partial charge < -0.3 is 5.73 Å². The van der Waals surface area contributed by atoms with Gasteiger partial charge in [0.15, 0.2) is 0 Å². The number of nitrogens with zero attached hydrogens (tertiary/aromatic N) is 1. The fourth-order valence-corrected chi connectivity index (χ4v) is 2.99. The first-order valence-corrected chi connectivity index (χ1v) is 7.44. The molecule has 0 amide bonds. The third-order valence-corrected chi connectivity index (χ3v) is 4.09. The SMILES string of the molecule is NCc1ccccc1-c1cccc2nc3ccccc3cc12. The summed E-state index contributed by atoms with van der Waals surface area (Å²) in [4.78, 5) is 4.79. The van der Waals surface area contributed by atoms with Crippen LogP contribution < -0.4 is 5.73 Å². The largest absolute Gasteiger partial charge is 0.326 e. The van der Waals surface area contributed by atoms with Crippen molar-refractivity contribution in [3.63, 3.8) is 0 Å². The zero-order chi connectivity index (χ0) is 14.9. The maximum Gasteiger partial charge on any atom is 0.0715 e. The highest BCUT2D eigenvalue weighted by atomic mass is 14.7. The minimum atomic E-state index is 0.535. The summed E-state index contributed by atoms with van der Waals surface area (Å²) in [6.07, 6.45) is 0. The van der Waals surface area contributed by atoms with E-state index in [0.29, 0.717) is 6.54 Å². The Labute approximate surface area is 129 Å². The van der Waals surface area contributed by atoms with Crippen molar-refractivity contribution in [2.45, 2.75) is 6.54 Å². The first-order chi connectivity index (χ1) is 10.9. The first kappa shape index (κ1) is 13.0. The van der Waals surface area contributed by atoms with Gasteiger partial charge in [-0.2, -0.15) is 0 Å². The molecule has 0 aliphatic heterocycles. The van der Waals surface area contributed by atoms with Crippen LogP contribution >= 0.6 is 0 Å². The van der Waals surface area contributed by atoms with E-state index in [2.05, 4.69) is 54.6 Å². The molecule has 0 aliphatic carbocycles. The van der Waals surface area contributed by atoms with Crippen molar-refractivity contribution in [2.75, 3.05) is 0 Å². The lowest BCUT2D eigenvalue weighted by Crippen LogP contribution is -1.99. The number of benzene rings is 3. The quantitative estimate of drug-likeness (QED) is 0.550. The molecule has 1 aromatic heterocycles. The lowest BCUT2D eigenvalue weighted by molar-refractivity contribution is 1.07. The van der Waals surface area contributed by atoms with Gasteiger partial charge in [0.2, 0.25) is 0 Å². The van der Waals surface area contributed by atoms with E-state index >= 15 is 0 Å². The Kier molecular flexibility index (Phi) is 3.10. The van der Waals surface area contributed by atoms with Crippen molar-refractivity contribution < 1.29 is 0 Å². The second-order valence-corrected chi connectivity index (χ2v) is 5.41. The molecule has 0 aliphatic rings. The molecule has 0 bridgehead atoms. The van der Waals surface area contributed by atoms with Gasteiger partial charge in [-0.25, -0.2) is 4.98 Å². The van der Waals surface area contributed by atoms with Crippen LogP contribution in [0.1, 0.15) is 5.56 Å². The second kappa shape index (κ2) is 5.24. The van der Waals surface area contributed by atoms with E-state index in [9.17, 15) is 0 Å². The molecular weight excluding hydrogens is 268 g/mol. The summed E-state index contributed by atoms with van der Waals surface area (Å²) in [5.41, 5.74) is 11.5. The van der Waals surface area contributed by atoms with Crippen LogP contribution in [0.15, 0.2) is 72.8 Å². The molecule has 1 heterocycles. The summed E-state index contributed by atoms with van der Waals surface area (Å²) < 4.78 is 0. The number of pyridine rings is 1. The van der Waals surface area contributed by atoms with Crippen molar-refractivity contribution in [2.24, 2.45) is 5.73 Å². The lowest BCUT2D eigenvalue weighted by atomic mass is 9.95. The maximum absolute atomic E-state index is 5.91. The molecule has 0 saturated carbocycles. The second-order valence-electron chi connectivity index (χ2n) is 5.41. The molecule has 0 unspecified atom stereocenters. The highest BCUT2D eigenvalue weighted by molar-refractivity contribution is 6.01. The van der Waals surface area contributed by atoms with Gasteiger partial charge in [-0.3, -0.25) is 0 Å². The van der Waals surface area contributed by atoms with Crippen LogP contribution in [-0.4, -0.2) is 4.98 Å². The van der Waals surface area contributed by atoms with Gasteiger partial charge in [0, 0.05) is 17.3 Å². The summed E-state index contributed by atoms with van der Waals surface area (Å²) in [6, 6.07) is 25.0. The van der Waals surface area contributed by atoms with Crippen LogP contribution in [0.25, 0.3) is 32.9 Å². The highest BCUT2D eigenvalue weighted by Crippen LogP contribution is 2.32. The molecule has 0 spiro atoms. The topological polar surface area (TPSA) is 38.9 Å². The number of hydrogen-bond acceptors (Lipinski definition) is 2. The van der Waals surface area contributed by atoms with Crippen LogP contribution in [0.4, 0.5) is 0 Å². The van der Waals surface area contributed by atoms with Gasteiger partial charge in [0.1, 0.15) is 0 Å². The molecule has 0 radical (unpaired) electrons. The predicted molar refractivity (Wildman–Crippen MR) is 92.6 cm³/mol. The molecule has 2 nitrogen and oxygen atoms in total. The zero-order valence-electron chi connectivity index (χ0n) is 12.2. The smallest absolute Gasteiger partial charge is 0.0715 e. The molecular formula is C20H16N2. The maximum atomic E-state index is 5.91. The zero-order valence-corrected chi connectivity index (χ0v) is 12.2. The predicted octanol–water partition coefficient (Wildman–Crippen LogP) is 4.51. The number of nitrogens with two attached hydrogens (primary N) is 1. The Morgan fingerprint density at radius 3 is 2.36 bits per heavy atom. The Bertz CT molecular complexity index is 973. The van der Waals surface area contributed by atoms with Crippen LogP contribution in [-0.2, 0) is 6.54 Å². The molecule has 0 atom stereocenters. The molecule has 2 heteroatoms. The molecule has 2 N–H and O–H groups in total. The Morgan fingerprint density at radius 1 is 0.727 bits per heavy atom. The summed E-state index contributed by atoms with van der Waals surface area (Å²) >= 11 is 0. The van der Waals surface area contributed by atoms with Crippen LogP contribution in [0, 0.1) is 0 Å². The van der Waals surface area contributed by atoms with Crippen LogP contribution in [0.3, 0.4) is 0 Å². The number of fused-ring (bicyclic) bond motifs is 2. The van der Waals surface area contributed by atoms with Gasteiger partial charge >= 0.3 is 0 Å². The molecule has 0 saturated heterocycles. The van der Waals surface area contributed by atoms with E-state index in [1.807, 2.05) is 18.2 Å². The summed E-state index contributed by atoms with van der Waals surface area (Å²) in [6.45, 7) is 0.535. The van der Waals surface area contributed by atoms with Gasteiger partial charge in [-0.1, -0.05) is 54.6 Å². The normalized spacial score (nSPS) is 11.1. The molecule has 0 fully saturated rings. The monoisotopic (exact) mass is 284 g/mol. The fraction of sp³-hybridized carbons (Fsp3) is 0.0500. The Balaban J connectivity index is 2.07. The lowest BCUT2D eigenvalue weighted by Gasteiger charge is -2.11. The van der Waals surface area contributed by atoms with Crippen molar-refractivity contribution >= 4 is 21.8 Å². The van der Waals surface area contributed by atoms with Crippen molar-refractivity contribution in [3.8, 4) is 11.1 Å².